The summed E-state index contributed by atoms with van der Waals surface area (Å²) in [7, 11) is 3.12. The number of hydrogen-bond acceptors (Lipinski definition) is 10. The first-order valence-electron chi connectivity index (χ1n) is 13.3. The summed E-state index contributed by atoms with van der Waals surface area (Å²) in [5.74, 6) is 1.10. The number of ketones is 2. The van der Waals surface area contributed by atoms with Crippen molar-refractivity contribution in [2.24, 2.45) is 10.2 Å². The van der Waals surface area contributed by atoms with Gasteiger partial charge in [-0.25, -0.2) is 0 Å². The van der Waals surface area contributed by atoms with E-state index >= 15 is 0 Å². The third-order valence-corrected chi connectivity index (χ3v) is 7.15. The average Bonchev–Trinajstić information content (AvgIpc) is 3.00. The summed E-state index contributed by atoms with van der Waals surface area (Å²) in [6, 6.07) is 0. The number of likely N-dealkylation sites (tertiary alicyclic amines) is 2. The van der Waals surface area contributed by atoms with Crippen molar-refractivity contribution < 1.29 is 53.2 Å². The minimum atomic E-state index is -0.0857. The summed E-state index contributed by atoms with van der Waals surface area (Å²) < 4.78 is 10.2. The molecule has 236 valence electrons. The van der Waals surface area contributed by atoms with E-state index in [1.807, 2.05) is 0 Å². The summed E-state index contributed by atoms with van der Waals surface area (Å²) in [5.41, 5.74) is 6.49. The molecule has 2 saturated heterocycles. The number of amidine groups is 2. The predicted molar refractivity (Wildman–Crippen MR) is 161 cm³/mol. The van der Waals surface area contributed by atoms with Crippen molar-refractivity contribution in [3.05, 3.63) is 71.5 Å². The van der Waals surface area contributed by atoms with Crippen LogP contribution in [0.3, 0.4) is 0 Å². The van der Waals surface area contributed by atoms with Crippen LogP contribution in [0.15, 0.2) is 81.7 Å². The van der Waals surface area contributed by atoms with Crippen LogP contribution in [-0.4, -0.2) is 72.1 Å². The quantitative estimate of drug-likeness (QED) is 0.107. The van der Waals surface area contributed by atoms with E-state index in [1.165, 1.54) is 25.0 Å². The molecule has 0 amide bonds. The van der Waals surface area contributed by atoms with Crippen LogP contribution in [0.2, 0.25) is 0 Å². The van der Waals surface area contributed by atoms with Gasteiger partial charge in [0.05, 0.1) is 14.2 Å². The molecule has 0 radical (unpaired) electrons. The van der Waals surface area contributed by atoms with Crippen molar-refractivity contribution in [2.45, 2.75) is 38.5 Å². The van der Waals surface area contributed by atoms with Crippen LogP contribution < -0.4 is 10.9 Å². The van der Waals surface area contributed by atoms with E-state index in [2.05, 4.69) is 30.9 Å². The standard InChI is InChI=1S/2C14H19N3O2S.2Cu/c2*1-19-12-5-6-13(18)11(9-12)10-15-16-14(20)17-7-3-2-4-8-17;;/h2*5-6,9-10,15H,2-4,7-8H2,1H3,(H,16,20);;/q;;2*+1/p-2/b2*11-10-;;. The largest absolute Gasteiger partial charge is 1.00 e. The fraction of sp³-hybridized carbons (Fsp3) is 0.429. The number of hydrogen-bond donors (Lipinski definition) is 2. The van der Waals surface area contributed by atoms with E-state index in [4.69, 9.17) is 34.7 Å². The minimum absolute atomic E-state index is 0. The Hall–Kier alpha value is -2.60. The zero-order valence-electron chi connectivity index (χ0n) is 23.5. The number of allylic oxidation sites excluding steroid dienone is 8. The number of ether oxygens (including phenoxy) is 2. The van der Waals surface area contributed by atoms with Gasteiger partial charge in [-0.3, -0.25) is 20.4 Å². The summed E-state index contributed by atoms with van der Waals surface area (Å²) in [5, 5.41) is 9.30. The van der Waals surface area contributed by atoms with Gasteiger partial charge in [0.15, 0.2) is 11.6 Å². The Labute approximate surface area is 280 Å². The zero-order chi connectivity index (χ0) is 28.7. The molecular weight excluding hydrogens is 676 g/mol. The third kappa shape index (κ3) is 12.3. The molecule has 2 fully saturated rings. The Morgan fingerprint density at radius 1 is 0.690 bits per heavy atom. The molecule has 2 N–H and O–H groups in total. The minimum Gasteiger partial charge on any atom is -0.741 e. The van der Waals surface area contributed by atoms with Gasteiger partial charge in [0.1, 0.15) is 11.5 Å². The normalized spacial score (nSPS) is 20.9. The predicted octanol–water partition coefficient (Wildman–Crippen LogP) is 2.86. The maximum atomic E-state index is 11.7. The molecule has 0 saturated carbocycles. The molecule has 0 aromatic rings. The Kier molecular flexibility index (Phi) is 18.1. The smallest absolute Gasteiger partial charge is 0.741 e. The zero-order valence-corrected chi connectivity index (χ0v) is 27.0. The Bertz CT molecular complexity index is 1080. The molecule has 4 aliphatic rings. The molecule has 0 atom stereocenters. The van der Waals surface area contributed by atoms with Gasteiger partial charge in [-0.05, 0) is 85.3 Å². The SMILES string of the molecule is COC1=C/C(=C/N/N=C(/[S-])N2CCCCC2)C(=O)C=C1.COC1=C/C(=C/N/N=C(\[S-])N2CCCCC2)C(=O)C=C1.[Cu+].[Cu+]. The van der Waals surface area contributed by atoms with Crippen LogP contribution in [0, 0.1) is 0 Å². The van der Waals surface area contributed by atoms with Gasteiger partial charge >= 0.3 is 34.1 Å². The van der Waals surface area contributed by atoms with Crippen molar-refractivity contribution in [3.63, 3.8) is 0 Å². The van der Waals surface area contributed by atoms with E-state index in [0.717, 1.165) is 51.9 Å². The van der Waals surface area contributed by atoms with Crippen LogP contribution >= 0.6 is 0 Å². The molecule has 2 aliphatic carbocycles. The molecule has 42 heavy (non-hydrogen) atoms. The van der Waals surface area contributed by atoms with E-state index in [-0.39, 0.29) is 45.7 Å². The molecule has 4 rings (SSSR count). The van der Waals surface area contributed by atoms with Gasteiger partial charge in [-0.1, -0.05) is 0 Å². The van der Waals surface area contributed by atoms with Gasteiger partial charge in [-0.2, -0.15) is 10.2 Å². The Morgan fingerprint density at radius 2 is 1.05 bits per heavy atom. The van der Waals surface area contributed by atoms with Gasteiger partial charge in [0.2, 0.25) is 0 Å². The van der Waals surface area contributed by atoms with Crippen molar-refractivity contribution in [2.75, 3.05) is 40.4 Å². The molecule has 0 aromatic carbocycles. The second kappa shape index (κ2) is 20.3. The van der Waals surface area contributed by atoms with Crippen LogP contribution in [0.25, 0.3) is 0 Å². The Balaban J connectivity index is 0.000000401. The molecule has 2 aliphatic heterocycles. The fourth-order valence-electron chi connectivity index (χ4n) is 4.16. The van der Waals surface area contributed by atoms with Crippen molar-refractivity contribution in [1.29, 1.82) is 0 Å². The number of nitrogens with zero attached hydrogens (tertiary/aromatic N) is 4. The van der Waals surface area contributed by atoms with Gasteiger partial charge in [-0.15, -0.1) is 0 Å². The molecule has 14 heteroatoms. The number of carbonyl (C=O) groups excluding carboxylic acids is 2. The topological polar surface area (TPSA) is 108 Å². The molecule has 0 unspecified atom stereocenters. The Morgan fingerprint density at radius 3 is 1.38 bits per heavy atom. The van der Waals surface area contributed by atoms with Crippen molar-refractivity contribution in [3.8, 4) is 0 Å². The number of piperidine rings is 2. The molecule has 2 heterocycles. The van der Waals surface area contributed by atoms with Crippen molar-refractivity contribution >= 4 is 47.2 Å². The summed E-state index contributed by atoms with van der Waals surface area (Å²) >= 11 is 10.5. The first kappa shape index (κ1) is 37.4. The summed E-state index contributed by atoms with van der Waals surface area (Å²) in [6.07, 6.45) is 19.7. The molecule has 0 bridgehead atoms. The van der Waals surface area contributed by atoms with Crippen molar-refractivity contribution in [1.82, 2.24) is 20.7 Å². The molecular formula is C28H36Cu2N6O4S2. The molecule has 0 aromatic heterocycles. The van der Waals surface area contributed by atoms with Crippen LogP contribution in [0.1, 0.15) is 38.5 Å². The number of carbonyl (C=O) groups is 2. The number of methoxy groups -OCH3 is 2. The maximum absolute atomic E-state index is 11.7. The average molecular weight is 712 g/mol. The monoisotopic (exact) mass is 710 g/mol. The number of hydrazone groups is 2. The first-order valence-corrected chi connectivity index (χ1v) is 14.1. The van der Waals surface area contributed by atoms with Gasteiger partial charge in [0.25, 0.3) is 0 Å². The number of rotatable bonds is 6. The van der Waals surface area contributed by atoms with Gasteiger partial charge < -0.3 is 44.5 Å². The van der Waals surface area contributed by atoms with Crippen LogP contribution in [0.5, 0.6) is 0 Å². The molecule has 0 spiro atoms. The second-order valence-electron chi connectivity index (χ2n) is 9.24. The second-order valence-corrected chi connectivity index (χ2v) is 9.97. The fourth-order valence-corrected chi connectivity index (χ4v) is 4.63. The summed E-state index contributed by atoms with van der Waals surface area (Å²) in [4.78, 5) is 27.5. The van der Waals surface area contributed by atoms with E-state index in [1.54, 1.807) is 50.9 Å². The number of nitrogens with one attached hydrogen (secondary N) is 2. The van der Waals surface area contributed by atoms with E-state index in [9.17, 15) is 9.59 Å². The maximum Gasteiger partial charge on any atom is 1.00 e. The molecule has 10 nitrogen and oxygen atoms in total. The third-order valence-electron chi connectivity index (χ3n) is 6.45. The van der Waals surface area contributed by atoms with E-state index in [0.29, 0.717) is 33.0 Å². The van der Waals surface area contributed by atoms with Gasteiger partial charge in [0, 0.05) is 49.7 Å². The van der Waals surface area contributed by atoms with Crippen LogP contribution in [-0.2, 0) is 78.5 Å². The van der Waals surface area contributed by atoms with E-state index < -0.39 is 0 Å². The first-order chi connectivity index (χ1) is 19.4. The van der Waals surface area contributed by atoms with Crippen LogP contribution in [0.4, 0.5) is 0 Å². The summed E-state index contributed by atoms with van der Waals surface area (Å²) in [6.45, 7) is 3.82.